The number of carbonyl (C=O) groups excluding carboxylic acids is 1. The predicted octanol–water partition coefficient (Wildman–Crippen LogP) is 3.07. The number of anilines is 1. The Morgan fingerprint density at radius 1 is 1.15 bits per heavy atom. The van der Waals surface area contributed by atoms with Crippen LogP contribution in [0.25, 0.3) is 0 Å². The number of amides is 1. The Morgan fingerprint density at radius 2 is 1.93 bits per heavy atom. The molecule has 0 aliphatic carbocycles. The Bertz CT molecular complexity index is 1030. The second kappa shape index (κ2) is 7.40. The normalized spacial score (nSPS) is 16.0. The molecule has 1 unspecified atom stereocenters. The van der Waals surface area contributed by atoms with E-state index in [1.807, 2.05) is 24.3 Å². The molecule has 1 aliphatic rings. The van der Waals surface area contributed by atoms with Crippen LogP contribution >= 0.6 is 11.8 Å². The molecule has 0 spiro atoms. The quantitative estimate of drug-likeness (QED) is 0.730. The summed E-state index contributed by atoms with van der Waals surface area (Å²) in [6.07, 6.45) is 0.807. The molecule has 0 saturated carbocycles. The lowest BCUT2D eigenvalue weighted by Gasteiger charge is -2.23. The fraction of sp³-hybridized carbons (Fsp3) is 0.211. The van der Waals surface area contributed by atoms with Crippen molar-refractivity contribution in [2.24, 2.45) is 0 Å². The largest absolute Gasteiger partial charge is 0.441 e. The van der Waals surface area contributed by atoms with Crippen LogP contribution in [0.3, 0.4) is 0 Å². The minimum atomic E-state index is -0.561. The molecular formula is C19H16FN3O3S. The van der Waals surface area contributed by atoms with Crippen molar-refractivity contribution >= 4 is 23.4 Å². The minimum Gasteiger partial charge on any atom is -0.324 e. The molecular weight excluding hydrogens is 369 g/mol. The maximum atomic E-state index is 13.0. The lowest BCUT2D eigenvalue weighted by Crippen LogP contribution is -2.31. The SMILES string of the molecule is O=C1Nc2ccccc2SC1CCn1c(Cc2ccc(F)cc2)noc1=O. The second-order valence-corrected chi connectivity index (χ2v) is 7.44. The van der Waals surface area contributed by atoms with Crippen LogP contribution in [-0.2, 0) is 17.8 Å². The van der Waals surface area contributed by atoms with Gasteiger partial charge < -0.3 is 5.32 Å². The lowest BCUT2D eigenvalue weighted by molar-refractivity contribution is -0.116. The van der Waals surface area contributed by atoms with Crippen molar-refractivity contribution < 1.29 is 13.7 Å². The molecule has 3 aromatic rings. The van der Waals surface area contributed by atoms with Crippen LogP contribution in [0.2, 0.25) is 0 Å². The Kier molecular flexibility index (Phi) is 4.81. The first-order chi connectivity index (χ1) is 13.1. The summed E-state index contributed by atoms with van der Waals surface area (Å²) < 4.78 is 19.3. The number of hydrogen-bond acceptors (Lipinski definition) is 5. The van der Waals surface area contributed by atoms with Crippen molar-refractivity contribution in [3.8, 4) is 0 Å². The number of nitrogens with one attached hydrogen (secondary N) is 1. The first-order valence-electron chi connectivity index (χ1n) is 8.46. The fourth-order valence-electron chi connectivity index (χ4n) is 2.96. The summed E-state index contributed by atoms with van der Waals surface area (Å²) in [4.78, 5) is 25.3. The van der Waals surface area contributed by atoms with Crippen molar-refractivity contribution in [3.05, 3.63) is 76.3 Å². The number of rotatable bonds is 5. The summed E-state index contributed by atoms with van der Waals surface area (Å²) in [6.45, 7) is 0.312. The van der Waals surface area contributed by atoms with Crippen LogP contribution in [0.5, 0.6) is 0 Å². The molecule has 1 aliphatic heterocycles. The molecule has 0 radical (unpaired) electrons. The summed E-state index contributed by atoms with van der Waals surface area (Å²) >= 11 is 1.48. The number of hydrogen-bond donors (Lipinski definition) is 1. The van der Waals surface area contributed by atoms with E-state index in [2.05, 4.69) is 10.5 Å². The van der Waals surface area contributed by atoms with E-state index in [-0.39, 0.29) is 17.0 Å². The van der Waals surface area contributed by atoms with Gasteiger partial charge in [0.1, 0.15) is 5.82 Å². The molecule has 2 aromatic carbocycles. The molecule has 2 heterocycles. The van der Waals surface area contributed by atoms with E-state index in [0.717, 1.165) is 16.1 Å². The molecule has 138 valence electrons. The van der Waals surface area contributed by atoms with Gasteiger partial charge in [0, 0.05) is 17.9 Å². The van der Waals surface area contributed by atoms with Gasteiger partial charge in [0.2, 0.25) is 5.91 Å². The van der Waals surface area contributed by atoms with Gasteiger partial charge in [0.05, 0.1) is 10.9 Å². The Hall–Kier alpha value is -2.87. The van der Waals surface area contributed by atoms with Crippen molar-refractivity contribution in [1.29, 1.82) is 0 Å². The highest BCUT2D eigenvalue weighted by Gasteiger charge is 2.27. The molecule has 6 nitrogen and oxygen atoms in total. The number of fused-ring (bicyclic) bond motifs is 1. The number of benzene rings is 2. The Morgan fingerprint density at radius 3 is 2.74 bits per heavy atom. The van der Waals surface area contributed by atoms with Crippen molar-refractivity contribution in [2.75, 3.05) is 5.32 Å². The van der Waals surface area contributed by atoms with Crippen LogP contribution in [0, 0.1) is 5.82 Å². The van der Waals surface area contributed by atoms with Gasteiger partial charge in [-0.2, -0.15) is 0 Å². The summed E-state index contributed by atoms with van der Waals surface area (Å²) in [5, 5.41) is 6.41. The topological polar surface area (TPSA) is 77.1 Å². The maximum absolute atomic E-state index is 13.0. The summed E-state index contributed by atoms with van der Waals surface area (Å²) in [7, 11) is 0. The number of thioether (sulfide) groups is 1. The molecule has 0 fully saturated rings. The van der Waals surface area contributed by atoms with Crippen molar-refractivity contribution in [1.82, 2.24) is 9.72 Å². The maximum Gasteiger partial charge on any atom is 0.441 e. The van der Waals surface area contributed by atoms with Crippen LogP contribution < -0.4 is 11.1 Å². The van der Waals surface area contributed by atoms with Crippen molar-refractivity contribution in [3.63, 3.8) is 0 Å². The highest BCUT2D eigenvalue weighted by Crippen LogP contribution is 2.36. The molecule has 0 saturated heterocycles. The fourth-order valence-corrected chi connectivity index (χ4v) is 4.06. The van der Waals surface area contributed by atoms with E-state index in [0.29, 0.717) is 25.2 Å². The van der Waals surface area contributed by atoms with Gasteiger partial charge in [0.15, 0.2) is 5.82 Å². The number of carbonyl (C=O) groups is 1. The lowest BCUT2D eigenvalue weighted by atomic mass is 10.1. The standard InChI is InChI=1S/C19H16FN3O3S/c20-13-7-5-12(6-8-13)11-17-22-26-19(25)23(17)10-9-16-18(24)21-14-3-1-2-4-15(14)27-16/h1-8,16H,9-11H2,(H,21,24). The van der Waals surface area contributed by atoms with Crippen LogP contribution in [0.1, 0.15) is 17.8 Å². The summed E-state index contributed by atoms with van der Waals surface area (Å²) in [5.74, 6) is -0.512. The van der Waals surface area contributed by atoms with Gasteiger partial charge in [-0.15, -0.1) is 11.8 Å². The zero-order valence-electron chi connectivity index (χ0n) is 14.2. The van der Waals surface area contributed by atoms with E-state index in [4.69, 9.17) is 4.52 Å². The van der Waals surface area contributed by atoms with Crippen LogP contribution in [0.4, 0.5) is 10.1 Å². The van der Waals surface area contributed by atoms with Crippen LogP contribution in [0.15, 0.2) is 62.7 Å². The number of nitrogens with zero attached hydrogens (tertiary/aromatic N) is 2. The minimum absolute atomic E-state index is 0.0803. The second-order valence-electron chi connectivity index (χ2n) is 6.20. The van der Waals surface area contributed by atoms with Gasteiger partial charge >= 0.3 is 5.76 Å². The zero-order chi connectivity index (χ0) is 18.8. The number of para-hydroxylation sites is 1. The molecule has 1 atom stereocenters. The van der Waals surface area contributed by atoms with Gasteiger partial charge in [-0.3, -0.25) is 13.9 Å². The number of aromatic nitrogens is 2. The van der Waals surface area contributed by atoms with Gasteiger partial charge in [0.25, 0.3) is 0 Å². The van der Waals surface area contributed by atoms with E-state index in [1.54, 1.807) is 12.1 Å². The summed E-state index contributed by atoms with van der Waals surface area (Å²) in [5.41, 5.74) is 1.63. The van der Waals surface area contributed by atoms with Crippen molar-refractivity contribution in [2.45, 2.75) is 29.5 Å². The average molecular weight is 385 g/mol. The highest BCUT2D eigenvalue weighted by atomic mass is 32.2. The van der Waals surface area contributed by atoms with E-state index >= 15 is 0 Å². The molecule has 1 amide bonds. The molecule has 4 rings (SSSR count). The molecule has 1 aromatic heterocycles. The van der Waals surface area contributed by atoms with E-state index < -0.39 is 5.76 Å². The molecule has 27 heavy (non-hydrogen) atoms. The summed E-state index contributed by atoms with van der Waals surface area (Å²) in [6, 6.07) is 13.6. The first-order valence-corrected chi connectivity index (χ1v) is 9.34. The predicted molar refractivity (Wildman–Crippen MR) is 99.3 cm³/mol. The van der Waals surface area contributed by atoms with E-state index in [9.17, 15) is 14.0 Å². The van der Waals surface area contributed by atoms with Crippen LogP contribution in [-0.4, -0.2) is 20.9 Å². The molecule has 1 N–H and O–H groups in total. The van der Waals surface area contributed by atoms with E-state index in [1.165, 1.54) is 28.5 Å². The Balaban J connectivity index is 1.47. The molecule has 8 heteroatoms. The van der Waals surface area contributed by atoms with Gasteiger partial charge in [-0.1, -0.05) is 29.4 Å². The zero-order valence-corrected chi connectivity index (χ0v) is 15.0. The third-order valence-corrected chi connectivity index (χ3v) is 5.70. The molecule has 0 bridgehead atoms. The van der Waals surface area contributed by atoms with Gasteiger partial charge in [-0.05, 0) is 36.2 Å². The third kappa shape index (κ3) is 3.80. The number of halogens is 1. The highest BCUT2D eigenvalue weighted by molar-refractivity contribution is 8.01. The van der Waals surface area contributed by atoms with Gasteiger partial charge in [-0.25, -0.2) is 9.18 Å². The third-order valence-electron chi connectivity index (χ3n) is 4.36. The average Bonchev–Trinajstić information content (AvgIpc) is 3.01. The first kappa shape index (κ1) is 17.5. The monoisotopic (exact) mass is 385 g/mol. The smallest absolute Gasteiger partial charge is 0.324 e. The Labute approximate surface area is 158 Å².